The Labute approximate surface area is 123 Å². The molecule has 1 aromatic carbocycles. The highest BCUT2D eigenvalue weighted by molar-refractivity contribution is 9.10. The molecule has 106 valence electrons. The van der Waals surface area contributed by atoms with Crippen LogP contribution in [0.25, 0.3) is 0 Å². The number of nitrogens with zero attached hydrogens (tertiary/aromatic N) is 1. The number of rotatable bonds is 5. The first kappa shape index (κ1) is 14.9. The predicted molar refractivity (Wildman–Crippen MR) is 80.5 cm³/mol. The lowest BCUT2D eigenvalue weighted by atomic mass is 10.0. The Bertz CT molecular complexity index is 425. The van der Waals surface area contributed by atoms with Gasteiger partial charge >= 0.3 is 0 Å². The van der Waals surface area contributed by atoms with E-state index >= 15 is 0 Å². The third-order valence-corrected chi connectivity index (χ3v) is 4.69. The van der Waals surface area contributed by atoms with Crippen molar-refractivity contribution in [2.24, 2.45) is 11.7 Å². The molecule has 1 heterocycles. The molecule has 0 spiro atoms. The lowest BCUT2D eigenvalue weighted by molar-refractivity contribution is 0.239. The van der Waals surface area contributed by atoms with Gasteiger partial charge in [0.05, 0.1) is 0 Å². The van der Waals surface area contributed by atoms with E-state index in [1.165, 1.54) is 31.4 Å². The van der Waals surface area contributed by atoms with Gasteiger partial charge in [-0.15, -0.1) is 0 Å². The maximum atomic E-state index is 13.2. The quantitative estimate of drug-likeness (QED) is 0.892. The summed E-state index contributed by atoms with van der Waals surface area (Å²) in [5.41, 5.74) is 7.05. The van der Waals surface area contributed by atoms with Crippen LogP contribution in [0.5, 0.6) is 0 Å². The topological polar surface area (TPSA) is 29.3 Å². The summed E-state index contributed by atoms with van der Waals surface area (Å²) in [5, 5.41) is 0. The third-order valence-electron chi connectivity index (χ3n) is 4.00. The van der Waals surface area contributed by atoms with Crippen molar-refractivity contribution in [1.82, 2.24) is 4.90 Å². The van der Waals surface area contributed by atoms with E-state index < -0.39 is 0 Å². The molecule has 4 heteroatoms. The Morgan fingerprint density at radius 3 is 2.95 bits per heavy atom. The van der Waals surface area contributed by atoms with Crippen LogP contribution < -0.4 is 5.73 Å². The first-order chi connectivity index (χ1) is 9.15. The Balaban J connectivity index is 2.12. The highest BCUT2D eigenvalue weighted by atomic mass is 79.9. The van der Waals surface area contributed by atoms with E-state index in [1.54, 1.807) is 0 Å². The van der Waals surface area contributed by atoms with Crippen molar-refractivity contribution in [1.29, 1.82) is 0 Å². The number of nitrogens with two attached hydrogens (primary N) is 1. The standard InChI is InChI=1S/C15H22BrFN2/c1-2-3-11-6-7-19(10-11)15(9-18)13-5-4-12(17)8-14(13)16/h4-5,8,11,15H,2-3,6-7,9-10,18H2,1H3. The molecule has 2 N–H and O–H groups in total. The largest absolute Gasteiger partial charge is 0.329 e. The summed E-state index contributed by atoms with van der Waals surface area (Å²) >= 11 is 3.46. The van der Waals surface area contributed by atoms with Gasteiger partial charge in [-0.2, -0.15) is 0 Å². The molecule has 0 radical (unpaired) electrons. The van der Waals surface area contributed by atoms with E-state index in [4.69, 9.17) is 5.73 Å². The summed E-state index contributed by atoms with van der Waals surface area (Å²) in [6.07, 6.45) is 3.79. The maximum Gasteiger partial charge on any atom is 0.124 e. The zero-order valence-electron chi connectivity index (χ0n) is 11.4. The molecule has 1 aliphatic heterocycles. The van der Waals surface area contributed by atoms with E-state index in [0.717, 1.165) is 29.0 Å². The third kappa shape index (κ3) is 3.56. The van der Waals surface area contributed by atoms with Crippen LogP contribution in [0, 0.1) is 11.7 Å². The smallest absolute Gasteiger partial charge is 0.124 e. The number of likely N-dealkylation sites (tertiary alicyclic amines) is 1. The minimum atomic E-state index is -0.211. The van der Waals surface area contributed by atoms with E-state index in [2.05, 4.69) is 27.8 Å². The van der Waals surface area contributed by atoms with Crippen LogP contribution in [0.15, 0.2) is 22.7 Å². The van der Waals surface area contributed by atoms with Crippen LogP contribution >= 0.6 is 15.9 Å². The molecule has 2 rings (SSSR count). The molecular formula is C15H22BrFN2. The van der Waals surface area contributed by atoms with Gasteiger partial charge in [-0.1, -0.05) is 35.3 Å². The molecule has 2 nitrogen and oxygen atoms in total. The first-order valence-electron chi connectivity index (χ1n) is 7.04. The molecule has 0 amide bonds. The maximum absolute atomic E-state index is 13.2. The molecule has 0 saturated carbocycles. The van der Waals surface area contributed by atoms with Gasteiger partial charge in [0.15, 0.2) is 0 Å². The molecule has 0 aliphatic carbocycles. The molecule has 2 atom stereocenters. The average molecular weight is 329 g/mol. The highest BCUT2D eigenvalue weighted by Gasteiger charge is 2.28. The molecule has 1 saturated heterocycles. The number of benzene rings is 1. The van der Waals surface area contributed by atoms with Crippen LogP contribution in [-0.2, 0) is 0 Å². The SMILES string of the molecule is CCCC1CCN(C(CN)c2ccc(F)cc2Br)C1. The van der Waals surface area contributed by atoms with E-state index in [0.29, 0.717) is 6.54 Å². The van der Waals surface area contributed by atoms with Crippen molar-refractivity contribution in [2.45, 2.75) is 32.2 Å². The van der Waals surface area contributed by atoms with Gasteiger partial charge in [0, 0.05) is 23.6 Å². The second-order valence-corrected chi connectivity index (χ2v) is 6.21. The Hall–Kier alpha value is -0.450. The van der Waals surface area contributed by atoms with Crippen molar-refractivity contribution in [2.75, 3.05) is 19.6 Å². The molecule has 0 bridgehead atoms. The lowest BCUT2D eigenvalue weighted by Crippen LogP contribution is -2.32. The fourth-order valence-electron chi connectivity index (χ4n) is 3.03. The zero-order valence-corrected chi connectivity index (χ0v) is 13.0. The summed E-state index contributed by atoms with van der Waals surface area (Å²) in [7, 11) is 0. The molecule has 19 heavy (non-hydrogen) atoms. The predicted octanol–water partition coefficient (Wildman–Crippen LogP) is 3.71. The van der Waals surface area contributed by atoms with Crippen LogP contribution in [0.4, 0.5) is 4.39 Å². The van der Waals surface area contributed by atoms with E-state index in [1.807, 2.05) is 6.07 Å². The Morgan fingerprint density at radius 2 is 2.32 bits per heavy atom. The van der Waals surface area contributed by atoms with Gasteiger partial charge in [0.2, 0.25) is 0 Å². The summed E-state index contributed by atoms with van der Waals surface area (Å²) in [6.45, 7) is 5.01. The van der Waals surface area contributed by atoms with Crippen molar-refractivity contribution in [3.63, 3.8) is 0 Å². The van der Waals surface area contributed by atoms with Crippen molar-refractivity contribution < 1.29 is 4.39 Å². The summed E-state index contributed by atoms with van der Waals surface area (Å²) < 4.78 is 14.0. The molecule has 1 aromatic rings. The molecular weight excluding hydrogens is 307 g/mol. The van der Waals surface area contributed by atoms with E-state index in [9.17, 15) is 4.39 Å². The van der Waals surface area contributed by atoms with Crippen LogP contribution in [0.1, 0.15) is 37.8 Å². The van der Waals surface area contributed by atoms with Crippen LogP contribution in [0.3, 0.4) is 0 Å². The monoisotopic (exact) mass is 328 g/mol. The van der Waals surface area contributed by atoms with Gasteiger partial charge < -0.3 is 5.73 Å². The van der Waals surface area contributed by atoms with Crippen molar-refractivity contribution in [3.8, 4) is 0 Å². The highest BCUT2D eigenvalue weighted by Crippen LogP contribution is 2.32. The van der Waals surface area contributed by atoms with Gasteiger partial charge in [-0.25, -0.2) is 4.39 Å². The minimum absolute atomic E-state index is 0.192. The number of hydrogen-bond donors (Lipinski definition) is 1. The normalized spacial score (nSPS) is 21.8. The Kier molecular flexibility index (Phi) is 5.37. The van der Waals surface area contributed by atoms with Crippen LogP contribution in [0.2, 0.25) is 0 Å². The van der Waals surface area contributed by atoms with Gasteiger partial charge in [-0.05, 0) is 43.0 Å². The summed E-state index contributed by atoms with van der Waals surface area (Å²) in [6, 6.07) is 5.08. The second-order valence-electron chi connectivity index (χ2n) is 5.36. The van der Waals surface area contributed by atoms with Crippen molar-refractivity contribution >= 4 is 15.9 Å². The van der Waals surface area contributed by atoms with Crippen LogP contribution in [-0.4, -0.2) is 24.5 Å². The van der Waals surface area contributed by atoms with Gasteiger partial charge in [0.25, 0.3) is 0 Å². The summed E-state index contributed by atoms with van der Waals surface area (Å²) in [4.78, 5) is 2.44. The molecule has 1 fully saturated rings. The number of hydrogen-bond acceptors (Lipinski definition) is 2. The molecule has 0 aromatic heterocycles. The van der Waals surface area contributed by atoms with E-state index in [-0.39, 0.29) is 11.9 Å². The lowest BCUT2D eigenvalue weighted by Gasteiger charge is -2.28. The molecule has 1 aliphatic rings. The minimum Gasteiger partial charge on any atom is -0.329 e. The summed E-state index contributed by atoms with van der Waals surface area (Å²) in [5.74, 6) is 0.579. The average Bonchev–Trinajstić information content (AvgIpc) is 2.82. The Morgan fingerprint density at radius 1 is 1.53 bits per heavy atom. The van der Waals surface area contributed by atoms with Gasteiger partial charge in [0.1, 0.15) is 5.82 Å². The fourth-order valence-corrected chi connectivity index (χ4v) is 3.65. The fraction of sp³-hybridized carbons (Fsp3) is 0.600. The van der Waals surface area contributed by atoms with Crippen molar-refractivity contribution in [3.05, 3.63) is 34.1 Å². The second kappa shape index (κ2) is 6.82. The number of halogens is 2. The molecule has 2 unspecified atom stereocenters. The zero-order chi connectivity index (χ0) is 13.8. The van der Waals surface area contributed by atoms with Gasteiger partial charge in [-0.3, -0.25) is 4.90 Å². The first-order valence-corrected chi connectivity index (χ1v) is 7.84.